The van der Waals surface area contributed by atoms with Crippen LogP contribution < -0.4 is 15.0 Å². The van der Waals surface area contributed by atoms with Crippen LogP contribution in [0.1, 0.15) is 35.2 Å². The summed E-state index contributed by atoms with van der Waals surface area (Å²) >= 11 is 1.59. The number of amides is 1. The number of rotatable bonds is 6. The van der Waals surface area contributed by atoms with Crippen LogP contribution in [0.3, 0.4) is 0 Å². The van der Waals surface area contributed by atoms with Crippen LogP contribution >= 0.6 is 11.8 Å². The van der Waals surface area contributed by atoms with Crippen molar-refractivity contribution in [1.29, 1.82) is 0 Å². The quantitative estimate of drug-likeness (QED) is 0.386. The number of benzene rings is 2. The molecule has 1 aromatic heterocycles. The Morgan fingerprint density at radius 3 is 2.63 bits per heavy atom. The summed E-state index contributed by atoms with van der Waals surface area (Å²) in [4.78, 5) is 21.1. The summed E-state index contributed by atoms with van der Waals surface area (Å²) in [5.41, 5.74) is 3.51. The van der Waals surface area contributed by atoms with E-state index in [9.17, 15) is 13.6 Å². The van der Waals surface area contributed by atoms with Gasteiger partial charge in [-0.2, -0.15) is 0 Å². The van der Waals surface area contributed by atoms with Gasteiger partial charge in [-0.1, -0.05) is 18.2 Å². The van der Waals surface area contributed by atoms with E-state index >= 15 is 0 Å². The molecule has 4 rings (SSSR count). The topological polar surface area (TPSA) is 54.5 Å². The Morgan fingerprint density at radius 1 is 1.14 bits per heavy atom. The Labute approximate surface area is 208 Å². The number of halogens is 2. The Bertz CT molecular complexity index is 1200. The van der Waals surface area contributed by atoms with Crippen molar-refractivity contribution in [2.75, 3.05) is 36.7 Å². The number of alkyl halides is 2. The van der Waals surface area contributed by atoms with Crippen LogP contribution in [0.4, 0.5) is 20.3 Å². The van der Waals surface area contributed by atoms with Crippen LogP contribution in [-0.4, -0.2) is 43.3 Å². The molecule has 0 spiro atoms. The highest BCUT2D eigenvalue weighted by molar-refractivity contribution is 7.98. The van der Waals surface area contributed by atoms with Crippen molar-refractivity contribution in [1.82, 2.24) is 4.98 Å². The molecule has 2 aromatic carbocycles. The lowest BCUT2D eigenvalue weighted by molar-refractivity contribution is -0.0102. The second-order valence-corrected chi connectivity index (χ2v) is 9.49. The molecule has 1 N–H and O–H groups in total. The molecule has 0 atom stereocenters. The number of ether oxygens (including phenoxy) is 1. The normalized spacial score (nSPS) is 15.4. The second-order valence-electron chi connectivity index (χ2n) is 8.61. The predicted octanol–water partition coefficient (Wildman–Crippen LogP) is 6.67. The van der Waals surface area contributed by atoms with E-state index < -0.39 is 5.92 Å². The summed E-state index contributed by atoms with van der Waals surface area (Å²) in [5, 5.41) is 2.99. The van der Waals surface area contributed by atoms with Gasteiger partial charge in [0.15, 0.2) is 0 Å². The molecule has 0 bridgehead atoms. The van der Waals surface area contributed by atoms with Gasteiger partial charge in [-0.3, -0.25) is 4.79 Å². The molecule has 184 valence electrons. The molecule has 1 aliphatic heterocycles. The number of pyridine rings is 1. The minimum absolute atomic E-state index is 0.142. The van der Waals surface area contributed by atoms with Crippen LogP contribution in [0.25, 0.3) is 11.1 Å². The monoisotopic (exact) mass is 497 g/mol. The third-order valence-electron chi connectivity index (χ3n) is 6.29. The minimum Gasteiger partial charge on any atom is -0.497 e. The second kappa shape index (κ2) is 10.6. The highest BCUT2D eigenvalue weighted by Crippen LogP contribution is 2.35. The van der Waals surface area contributed by atoms with Gasteiger partial charge in [-0.05, 0) is 61.1 Å². The van der Waals surface area contributed by atoms with Crippen molar-refractivity contribution in [3.8, 4) is 16.9 Å². The summed E-state index contributed by atoms with van der Waals surface area (Å²) in [6.45, 7) is 2.44. The van der Waals surface area contributed by atoms with Crippen LogP contribution in [0, 0.1) is 6.92 Å². The zero-order valence-electron chi connectivity index (χ0n) is 20.1. The highest BCUT2D eigenvalue weighted by Gasteiger charge is 2.33. The number of nitrogens with one attached hydrogen (secondary N) is 1. The van der Waals surface area contributed by atoms with Gasteiger partial charge in [-0.15, -0.1) is 11.8 Å². The zero-order valence-corrected chi connectivity index (χ0v) is 20.9. The SMILES string of the molecule is COc1ccc(-c2cnc(N3CCCC(F)(F)CC3)c(C(=O)Nc3cccc(SC)c3)c2C)cc1. The highest BCUT2D eigenvalue weighted by atomic mass is 32.2. The maximum Gasteiger partial charge on any atom is 0.259 e. The average molecular weight is 498 g/mol. The van der Waals surface area contributed by atoms with Gasteiger partial charge in [0.2, 0.25) is 5.92 Å². The molecular weight excluding hydrogens is 468 g/mol. The average Bonchev–Trinajstić information content (AvgIpc) is 3.04. The van der Waals surface area contributed by atoms with Gasteiger partial charge in [-0.25, -0.2) is 13.8 Å². The van der Waals surface area contributed by atoms with Crippen LogP contribution in [0.2, 0.25) is 0 Å². The summed E-state index contributed by atoms with van der Waals surface area (Å²) in [7, 11) is 1.61. The first-order valence-electron chi connectivity index (χ1n) is 11.5. The van der Waals surface area contributed by atoms with Crippen LogP contribution in [-0.2, 0) is 0 Å². The Balaban J connectivity index is 1.76. The fraction of sp³-hybridized carbons (Fsp3) is 0.333. The first-order chi connectivity index (χ1) is 16.8. The standard InChI is InChI=1S/C27H29F2N3O2S/c1-18-23(19-8-10-21(34-2)11-9-19)17-30-25(32-14-5-12-27(28,29)13-15-32)24(18)26(33)31-20-6-4-7-22(16-20)35-3/h4,6-11,16-17H,5,12-15H2,1-3H3,(H,31,33). The minimum atomic E-state index is -2.70. The molecule has 0 unspecified atom stereocenters. The van der Waals surface area contributed by atoms with Gasteiger partial charge in [0.1, 0.15) is 11.6 Å². The molecular formula is C27H29F2N3O2S. The van der Waals surface area contributed by atoms with E-state index in [1.165, 1.54) is 0 Å². The van der Waals surface area contributed by atoms with Crippen molar-refractivity contribution >= 4 is 29.2 Å². The lowest BCUT2D eigenvalue weighted by Gasteiger charge is -2.26. The number of carbonyl (C=O) groups excluding carboxylic acids is 1. The summed E-state index contributed by atoms with van der Waals surface area (Å²) in [6.07, 6.45) is 3.62. The molecule has 8 heteroatoms. The first kappa shape index (κ1) is 25.0. The lowest BCUT2D eigenvalue weighted by Crippen LogP contribution is -2.30. The maximum absolute atomic E-state index is 14.1. The number of hydrogen-bond acceptors (Lipinski definition) is 5. The smallest absolute Gasteiger partial charge is 0.259 e. The number of anilines is 2. The number of nitrogens with zero attached hydrogens (tertiary/aromatic N) is 2. The van der Waals surface area contributed by atoms with E-state index in [0.717, 1.165) is 27.3 Å². The van der Waals surface area contributed by atoms with Gasteiger partial charge in [0.05, 0.1) is 12.7 Å². The molecule has 2 heterocycles. The third-order valence-corrected chi connectivity index (χ3v) is 7.02. The third kappa shape index (κ3) is 5.75. The summed E-state index contributed by atoms with van der Waals surface area (Å²) in [5.74, 6) is -1.84. The first-order valence-corrected chi connectivity index (χ1v) is 12.8. The lowest BCUT2D eigenvalue weighted by atomic mass is 9.97. The largest absolute Gasteiger partial charge is 0.497 e. The number of hydrogen-bond donors (Lipinski definition) is 1. The van der Waals surface area contributed by atoms with Crippen molar-refractivity contribution < 1.29 is 18.3 Å². The fourth-order valence-corrected chi connectivity index (χ4v) is 4.79. The molecule has 1 amide bonds. The fourth-order valence-electron chi connectivity index (χ4n) is 4.33. The van der Waals surface area contributed by atoms with Crippen molar-refractivity contribution in [3.05, 3.63) is 65.9 Å². The van der Waals surface area contributed by atoms with Crippen LogP contribution in [0.15, 0.2) is 59.6 Å². The maximum atomic E-state index is 14.1. The number of thioether (sulfide) groups is 1. The molecule has 5 nitrogen and oxygen atoms in total. The van der Waals surface area contributed by atoms with E-state index in [1.54, 1.807) is 25.1 Å². The van der Waals surface area contributed by atoms with Gasteiger partial charge in [0, 0.05) is 48.3 Å². The van der Waals surface area contributed by atoms with E-state index in [4.69, 9.17) is 4.74 Å². The molecule has 35 heavy (non-hydrogen) atoms. The van der Waals surface area contributed by atoms with Gasteiger partial charge >= 0.3 is 0 Å². The number of aromatic nitrogens is 1. The summed E-state index contributed by atoms with van der Waals surface area (Å²) in [6, 6.07) is 15.1. The molecule has 1 fully saturated rings. The molecule has 0 saturated carbocycles. The Morgan fingerprint density at radius 2 is 1.91 bits per heavy atom. The number of methoxy groups -OCH3 is 1. The number of carbonyl (C=O) groups is 1. The van der Waals surface area contributed by atoms with Crippen LogP contribution in [0.5, 0.6) is 5.75 Å². The van der Waals surface area contributed by atoms with Crippen molar-refractivity contribution in [3.63, 3.8) is 0 Å². The molecule has 3 aromatic rings. The molecule has 1 saturated heterocycles. The van der Waals surface area contributed by atoms with Crippen molar-refractivity contribution in [2.45, 2.75) is 37.0 Å². The summed E-state index contributed by atoms with van der Waals surface area (Å²) < 4.78 is 33.4. The molecule has 0 aliphatic carbocycles. The van der Waals surface area contributed by atoms with Gasteiger partial charge < -0.3 is 15.0 Å². The van der Waals surface area contributed by atoms with Gasteiger partial charge in [0.25, 0.3) is 5.91 Å². The molecule has 1 aliphatic rings. The Hall–Kier alpha value is -3.13. The van der Waals surface area contributed by atoms with Crippen molar-refractivity contribution in [2.24, 2.45) is 0 Å². The zero-order chi connectivity index (χ0) is 25.0. The Kier molecular flexibility index (Phi) is 7.60. The van der Waals surface area contributed by atoms with E-state index in [0.29, 0.717) is 30.0 Å². The van der Waals surface area contributed by atoms with E-state index in [-0.39, 0.29) is 25.3 Å². The molecule has 0 radical (unpaired) electrons. The van der Waals surface area contributed by atoms with E-state index in [1.807, 2.05) is 66.6 Å². The predicted molar refractivity (Wildman–Crippen MR) is 138 cm³/mol. The van der Waals surface area contributed by atoms with E-state index in [2.05, 4.69) is 10.3 Å².